The van der Waals surface area contributed by atoms with E-state index in [1.807, 2.05) is 0 Å². The lowest BCUT2D eigenvalue weighted by atomic mass is 9.93. The molecule has 7 nitrogen and oxygen atoms in total. The van der Waals surface area contributed by atoms with Gasteiger partial charge in [-0.2, -0.15) is 5.10 Å². The van der Waals surface area contributed by atoms with E-state index in [1.54, 1.807) is 18.7 Å². The third-order valence-corrected chi connectivity index (χ3v) is 3.78. The van der Waals surface area contributed by atoms with Crippen LogP contribution in [0.3, 0.4) is 0 Å². The van der Waals surface area contributed by atoms with E-state index < -0.39 is 0 Å². The van der Waals surface area contributed by atoms with Crippen LogP contribution in [-0.2, 0) is 7.05 Å². The number of hydrogen-bond donors (Lipinski definition) is 2. The highest BCUT2D eigenvalue weighted by Gasteiger charge is 2.27. The van der Waals surface area contributed by atoms with Crippen molar-refractivity contribution in [1.29, 1.82) is 0 Å². The van der Waals surface area contributed by atoms with Crippen LogP contribution in [0.5, 0.6) is 0 Å². The summed E-state index contributed by atoms with van der Waals surface area (Å²) in [6.45, 7) is 5.76. The number of aromatic nitrogens is 2. The smallest absolute Gasteiger partial charge is 0.333 e. The van der Waals surface area contributed by atoms with Gasteiger partial charge >= 0.3 is 5.69 Å². The lowest BCUT2D eigenvalue weighted by Gasteiger charge is -2.29. The Balaban J connectivity index is 2.15. The second kappa shape index (κ2) is 5.56. The lowest BCUT2D eigenvalue weighted by Crippen LogP contribution is -2.39. The van der Waals surface area contributed by atoms with E-state index in [0.29, 0.717) is 17.4 Å². The van der Waals surface area contributed by atoms with Gasteiger partial charge in [0.25, 0.3) is 0 Å². The molecule has 0 aliphatic carbocycles. The Morgan fingerprint density at radius 1 is 1.63 bits per heavy atom. The zero-order valence-corrected chi connectivity index (χ0v) is 11.6. The van der Waals surface area contributed by atoms with Crippen LogP contribution in [0.4, 0.5) is 11.5 Å². The molecule has 106 valence electrons. The number of piperidine rings is 1. The first-order chi connectivity index (χ1) is 9.00. The SMILES string of the molecule is Cc1nn(C)c(NC(C)C2CCCNC2)c1[N+](=O)[O-]. The molecule has 19 heavy (non-hydrogen) atoms. The van der Waals surface area contributed by atoms with Gasteiger partial charge in [0.1, 0.15) is 5.69 Å². The maximum absolute atomic E-state index is 11.1. The molecule has 2 rings (SSSR count). The van der Waals surface area contributed by atoms with E-state index in [0.717, 1.165) is 25.9 Å². The van der Waals surface area contributed by atoms with Crippen LogP contribution in [0.15, 0.2) is 0 Å². The number of anilines is 1. The van der Waals surface area contributed by atoms with Crippen molar-refractivity contribution in [1.82, 2.24) is 15.1 Å². The van der Waals surface area contributed by atoms with Crippen LogP contribution in [0.1, 0.15) is 25.5 Å². The summed E-state index contributed by atoms with van der Waals surface area (Å²) < 4.78 is 1.56. The second-order valence-electron chi connectivity index (χ2n) is 5.20. The molecule has 2 atom stereocenters. The quantitative estimate of drug-likeness (QED) is 0.637. The Kier molecular flexibility index (Phi) is 4.04. The van der Waals surface area contributed by atoms with E-state index in [2.05, 4.69) is 22.7 Å². The highest BCUT2D eigenvalue weighted by molar-refractivity contribution is 5.59. The van der Waals surface area contributed by atoms with Gasteiger partial charge in [-0.25, -0.2) is 4.68 Å². The molecule has 0 amide bonds. The van der Waals surface area contributed by atoms with E-state index in [-0.39, 0.29) is 16.7 Å². The summed E-state index contributed by atoms with van der Waals surface area (Å²) in [6.07, 6.45) is 2.30. The fourth-order valence-corrected chi connectivity index (χ4v) is 2.67. The standard InChI is InChI=1S/C12H21N5O2/c1-8(10-5-4-6-13-7-10)14-12-11(17(18)19)9(2)15-16(12)3/h8,10,13-14H,4-7H2,1-3H3. The Morgan fingerprint density at radius 3 is 2.95 bits per heavy atom. The molecule has 7 heteroatoms. The van der Waals surface area contributed by atoms with Gasteiger partial charge in [-0.3, -0.25) is 10.1 Å². The van der Waals surface area contributed by atoms with Crippen molar-refractivity contribution in [3.05, 3.63) is 15.8 Å². The van der Waals surface area contributed by atoms with Crippen LogP contribution >= 0.6 is 0 Å². The molecule has 0 aromatic carbocycles. The van der Waals surface area contributed by atoms with E-state index in [4.69, 9.17) is 0 Å². The average molecular weight is 267 g/mol. The van der Waals surface area contributed by atoms with Gasteiger partial charge in [0, 0.05) is 13.1 Å². The molecule has 0 radical (unpaired) electrons. The minimum Gasteiger partial charge on any atom is -0.362 e. The highest BCUT2D eigenvalue weighted by atomic mass is 16.6. The monoisotopic (exact) mass is 267 g/mol. The molecule has 1 fully saturated rings. The molecule has 2 N–H and O–H groups in total. The van der Waals surface area contributed by atoms with Gasteiger partial charge in [0.2, 0.25) is 5.82 Å². The van der Waals surface area contributed by atoms with E-state index >= 15 is 0 Å². The van der Waals surface area contributed by atoms with Crippen molar-refractivity contribution in [2.45, 2.75) is 32.7 Å². The topological polar surface area (TPSA) is 85.0 Å². The average Bonchev–Trinajstić information content (AvgIpc) is 2.65. The zero-order valence-electron chi connectivity index (χ0n) is 11.6. The molecule has 0 saturated carbocycles. The van der Waals surface area contributed by atoms with Crippen LogP contribution in [0, 0.1) is 23.0 Å². The van der Waals surface area contributed by atoms with Gasteiger partial charge in [0.15, 0.2) is 0 Å². The number of hydrogen-bond acceptors (Lipinski definition) is 5. The number of aryl methyl sites for hydroxylation is 2. The van der Waals surface area contributed by atoms with Gasteiger partial charge < -0.3 is 10.6 Å². The van der Waals surface area contributed by atoms with Gasteiger partial charge in [0.05, 0.1) is 4.92 Å². The third-order valence-electron chi connectivity index (χ3n) is 3.78. The summed E-state index contributed by atoms with van der Waals surface area (Å²) >= 11 is 0. The van der Waals surface area contributed by atoms with Crippen LogP contribution < -0.4 is 10.6 Å². The van der Waals surface area contributed by atoms with Crippen molar-refractivity contribution in [2.24, 2.45) is 13.0 Å². The van der Waals surface area contributed by atoms with Gasteiger partial charge in [-0.1, -0.05) is 0 Å². The molecule has 1 aromatic heterocycles. The molecule has 0 bridgehead atoms. The minimum atomic E-state index is -0.365. The first kappa shape index (κ1) is 13.8. The predicted molar refractivity (Wildman–Crippen MR) is 73.3 cm³/mol. The molecule has 1 aliphatic rings. The summed E-state index contributed by atoms with van der Waals surface area (Å²) in [5.41, 5.74) is 0.530. The van der Waals surface area contributed by atoms with Gasteiger partial charge in [-0.15, -0.1) is 0 Å². The molecule has 0 spiro atoms. The minimum absolute atomic E-state index is 0.0816. The van der Waals surface area contributed by atoms with Crippen LogP contribution in [-0.4, -0.2) is 33.8 Å². The second-order valence-corrected chi connectivity index (χ2v) is 5.20. The summed E-state index contributed by atoms with van der Waals surface area (Å²) in [7, 11) is 1.73. The van der Waals surface area contributed by atoms with E-state index in [9.17, 15) is 10.1 Å². The Hall–Kier alpha value is -1.63. The maximum atomic E-state index is 11.1. The predicted octanol–water partition coefficient (Wildman–Crippen LogP) is 1.44. The number of nitrogens with zero attached hydrogens (tertiary/aromatic N) is 3. The molecule has 1 aromatic rings. The lowest BCUT2D eigenvalue weighted by molar-refractivity contribution is -0.384. The van der Waals surface area contributed by atoms with Crippen molar-refractivity contribution in [3.63, 3.8) is 0 Å². The Morgan fingerprint density at radius 2 is 2.37 bits per heavy atom. The summed E-state index contributed by atoms with van der Waals surface area (Å²) in [5.74, 6) is 0.990. The molecule has 1 aliphatic heterocycles. The normalized spacial score (nSPS) is 21.1. The summed E-state index contributed by atoms with van der Waals surface area (Å²) in [4.78, 5) is 10.7. The molecule has 2 heterocycles. The van der Waals surface area contributed by atoms with E-state index in [1.165, 1.54) is 0 Å². The molecule has 1 saturated heterocycles. The third kappa shape index (κ3) is 2.86. The number of nitro groups is 1. The summed E-state index contributed by atoms with van der Waals surface area (Å²) in [5, 5.41) is 21.9. The number of rotatable bonds is 4. The van der Waals surface area contributed by atoms with Crippen molar-refractivity contribution in [3.8, 4) is 0 Å². The van der Waals surface area contributed by atoms with Crippen molar-refractivity contribution >= 4 is 11.5 Å². The Bertz CT molecular complexity index is 465. The van der Waals surface area contributed by atoms with Crippen molar-refractivity contribution in [2.75, 3.05) is 18.4 Å². The first-order valence-corrected chi connectivity index (χ1v) is 6.66. The zero-order chi connectivity index (χ0) is 14.0. The molecular weight excluding hydrogens is 246 g/mol. The fourth-order valence-electron chi connectivity index (χ4n) is 2.67. The molecule has 2 unspecified atom stereocenters. The maximum Gasteiger partial charge on any atom is 0.333 e. The van der Waals surface area contributed by atoms with Crippen LogP contribution in [0.2, 0.25) is 0 Å². The molecular formula is C12H21N5O2. The first-order valence-electron chi connectivity index (χ1n) is 6.66. The van der Waals surface area contributed by atoms with Crippen molar-refractivity contribution < 1.29 is 4.92 Å². The summed E-state index contributed by atoms with van der Waals surface area (Å²) in [6, 6.07) is 0.182. The largest absolute Gasteiger partial charge is 0.362 e. The number of nitrogens with one attached hydrogen (secondary N) is 2. The Labute approximate surface area is 112 Å². The fraction of sp³-hybridized carbons (Fsp3) is 0.750. The highest BCUT2D eigenvalue weighted by Crippen LogP contribution is 2.29. The van der Waals surface area contributed by atoms with Crippen LogP contribution in [0.25, 0.3) is 0 Å². The van der Waals surface area contributed by atoms with Gasteiger partial charge in [-0.05, 0) is 45.7 Å².